The van der Waals surface area contributed by atoms with Gasteiger partial charge >= 0.3 is 0 Å². The number of halogens is 1. The van der Waals surface area contributed by atoms with E-state index in [-0.39, 0.29) is 30.3 Å². The number of nitrogens with two attached hydrogens (primary N) is 1. The van der Waals surface area contributed by atoms with Gasteiger partial charge in [0.05, 0.1) is 5.56 Å². The van der Waals surface area contributed by atoms with Crippen LogP contribution in [0.15, 0.2) is 48.5 Å². The van der Waals surface area contributed by atoms with E-state index in [0.29, 0.717) is 35.7 Å². The van der Waals surface area contributed by atoms with Crippen LogP contribution in [0.5, 0.6) is 0 Å². The van der Waals surface area contributed by atoms with Gasteiger partial charge in [0.25, 0.3) is 11.8 Å². The molecule has 138 valence electrons. The van der Waals surface area contributed by atoms with Gasteiger partial charge in [-0.05, 0) is 49.2 Å². The van der Waals surface area contributed by atoms with E-state index in [2.05, 4.69) is 10.6 Å². The molecule has 3 rings (SSSR count). The van der Waals surface area contributed by atoms with Crippen LogP contribution in [-0.4, -0.2) is 31.1 Å². The summed E-state index contributed by atoms with van der Waals surface area (Å²) in [5, 5.41) is 5.79. The maximum absolute atomic E-state index is 12.3. The largest absolute Gasteiger partial charge is 0.398 e. The summed E-state index contributed by atoms with van der Waals surface area (Å²) >= 11 is 0. The molecule has 0 atom stereocenters. The highest BCUT2D eigenvalue weighted by atomic mass is 35.5. The van der Waals surface area contributed by atoms with Crippen LogP contribution in [0.1, 0.15) is 33.6 Å². The Hall–Kier alpha value is -2.57. The molecule has 1 aliphatic rings. The molecular weight excluding hydrogens is 354 g/mol. The fraction of sp³-hybridized carbons (Fsp3) is 0.263. The summed E-state index contributed by atoms with van der Waals surface area (Å²) in [5.41, 5.74) is 7.82. The number of hydrogen-bond acceptors (Lipinski definition) is 4. The van der Waals surface area contributed by atoms with Crippen molar-refractivity contribution in [1.82, 2.24) is 5.32 Å². The molecule has 2 aromatic rings. The Bertz CT molecular complexity index is 759. The van der Waals surface area contributed by atoms with E-state index in [1.807, 2.05) is 0 Å². The van der Waals surface area contributed by atoms with Crippen LogP contribution in [0, 0.1) is 0 Å². The van der Waals surface area contributed by atoms with E-state index < -0.39 is 0 Å². The number of carbonyl (C=O) groups is 2. The fourth-order valence-corrected chi connectivity index (χ4v) is 2.72. The Labute approximate surface area is 158 Å². The summed E-state index contributed by atoms with van der Waals surface area (Å²) < 4.78 is 5.28. The molecular formula is C19H22ClN3O3. The molecule has 0 saturated carbocycles. The van der Waals surface area contributed by atoms with Crippen LogP contribution in [-0.2, 0) is 4.74 Å². The number of nitrogen functional groups attached to an aromatic ring is 1. The van der Waals surface area contributed by atoms with Gasteiger partial charge in [0.2, 0.25) is 0 Å². The molecule has 0 bridgehead atoms. The van der Waals surface area contributed by atoms with Gasteiger partial charge in [0.1, 0.15) is 0 Å². The van der Waals surface area contributed by atoms with Crippen molar-refractivity contribution in [3.05, 3.63) is 59.7 Å². The van der Waals surface area contributed by atoms with E-state index in [0.717, 1.165) is 12.8 Å². The number of ether oxygens (including phenoxy) is 1. The van der Waals surface area contributed by atoms with Gasteiger partial charge in [0, 0.05) is 36.2 Å². The maximum Gasteiger partial charge on any atom is 0.257 e. The van der Waals surface area contributed by atoms with E-state index in [1.54, 1.807) is 48.5 Å². The van der Waals surface area contributed by atoms with E-state index in [9.17, 15) is 9.59 Å². The predicted molar refractivity (Wildman–Crippen MR) is 104 cm³/mol. The van der Waals surface area contributed by atoms with Gasteiger partial charge in [-0.3, -0.25) is 9.59 Å². The first kappa shape index (κ1) is 19.8. The highest BCUT2D eigenvalue weighted by Crippen LogP contribution is 2.15. The summed E-state index contributed by atoms with van der Waals surface area (Å²) in [5.74, 6) is -0.394. The first-order valence-electron chi connectivity index (χ1n) is 8.28. The topological polar surface area (TPSA) is 93.5 Å². The molecule has 6 nitrogen and oxygen atoms in total. The number of hydrogen-bond donors (Lipinski definition) is 3. The van der Waals surface area contributed by atoms with Crippen molar-refractivity contribution >= 4 is 35.6 Å². The first-order chi connectivity index (χ1) is 12.1. The Morgan fingerprint density at radius 2 is 1.62 bits per heavy atom. The molecule has 0 aromatic heterocycles. The minimum atomic E-state index is -0.280. The van der Waals surface area contributed by atoms with Crippen molar-refractivity contribution in [2.45, 2.75) is 18.9 Å². The lowest BCUT2D eigenvalue weighted by molar-refractivity contribution is 0.0696. The second-order valence-corrected chi connectivity index (χ2v) is 5.98. The first-order valence-corrected chi connectivity index (χ1v) is 8.28. The third kappa shape index (κ3) is 4.97. The van der Waals surface area contributed by atoms with Gasteiger partial charge in [-0.2, -0.15) is 0 Å². The van der Waals surface area contributed by atoms with Gasteiger partial charge in [-0.15, -0.1) is 12.4 Å². The normalized spacial score (nSPS) is 14.2. The van der Waals surface area contributed by atoms with Crippen molar-refractivity contribution in [3.63, 3.8) is 0 Å². The lowest BCUT2D eigenvalue weighted by Crippen LogP contribution is -2.38. The number of nitrogens with one attached hydrogen (secondary N) is 2. The second-order valence-electron chi connectivity index (χ2n) is 5.98. The zero-order valence-corrected chi connectivity index (χ0v) is 15.1. The average molecular weight is 376 g/mol. The molecule has 26 heavy (non-hydrogen) atoms. The second kappa shape index (κ2) is 9.22. The number of benzene rings is 2. The van der Waals surface area contributed by atoms with E-state index in [1.165, 1.54) is 0 Å². The monoisotopic (exact) mass is 375 g/mol. The van der Waals surface area contributed by atoms with Crippen LogP contribution < -0.4 is 16.4 Å². The zero-order chi connectivity index (χ0) is 17.6. The third-order valence-corrected chi connectivity index (χ3v) is 4.17. The van der Waals surface area contributed by atoms with Crippen molar-refractivity contribution in [2.75, 3.05) is 24.3 Å². The molecule has 4 N–H and O–H groups in total. The highest BCUT2D eigenvalue weighted by molar-refractivity contribution is 6.07. The van der Waals surface area contributed by atoms with E-state index in [4.69, 9.17) is 10.5 Å². The van der Waals surface area contributed by atoms with Crippen molar-refractivity contribution in [1.29, 1.82) is 0 Å². The van der Waals surface area contributed by atoms with Crippen LogP contribution >= 0.6 is 12.4 Å². The van der Waals surface area contributed by atoms with E-state index >= 15 is 0 Å². The van der Waals surface area contributed by atoms with Crippen LogP contribution in [0.3, 0.4) is 0 Å². The SMILES string of the molecule is Cl.Nc1ccccc1C(=O)Nc1ccc(C(=O)NC2CCOCC2)cc1. The molecule has 0 radical (unpaired) electrons. The van der Waals surface area contributed by atoms with Gasteiger partial charge in [-0.1, -0.05) is 12.1 Å². The minimum absolute atomic E-state index is 0. The van der Waals surface area contributed by atoms with Gasteiger partial charge in [0.15, 0.2) is 0 Å². The zero-order valence-electron chi connectivity index (χ0n) is 14.2. The molecule has 7 heteroatoms. The Balaban J connectivity index is 0.00000243. The molecule has 1 heterocycles. The number of amides is 2. The summed E-state index contributed by atoms with van der Waals surface area (Å²) in [4.78, 5) is 24.5. The molecule has 1 saturated heterocycles. The Morgan fingerprint density at radius 3 is 2.27 bits per heavy atom. The van der Waals surface area contributed by atoms with Gasteiger partial charge in [-0.25, -0.2) is 0 Å². The summed E-state index contributed by atoms with van der Waals surface area (Å²) in [6, 6.07) is 13.8. The molecule has 2 amide bonds. The molecule has 0 spiro atoms. The third-order valence-electron chi connectivity index (χ3n) is 4.17. The van der Waals surface area contributed by atoms with Crippen molar-refractivity contribution in [3.8, 4) is 0 Å². The fourth-order valence-electron chi connectivity index (χ4n) is 2.72. The highest BCUT2D eigenvalue weighted by Gasteiger charge is 2.17. The van der Waals surface area contributed by atoms with Crippen LogP contribution in [0.4, 0.5) is 11.4 Å². The van der Waals surface area contributed by atoms with Crippen LogP contribution in [0.25, 0.3) is 0 Å². The van der Waals surface area contributed by atoms with Crippen LogP contribution in [0.2, 0.25) is 0 Å². The molecule has 0 aliphatic carbocycles. The summed E-state index contributed by atoms with van der Waals surface area (Å²) in [6.07, 6.45) is 1.66. The molecule has 0 unspecified atom stereocenters. The number of carbonyl (C=O) groups excluding carboxylic acids is 2. The van der Waals surface area contributed by atoms with Gasteiger partial charge < -0.3 is 21.1 Å². The molecule has 2 aromatic carbocycles. The smallest absolute Gasteiger partial charge is 0.257 e. The number of para-hydroxylation sites is 1. The lowest BCUT2D eigenvalue weighted by Gasteiger charge is -2.23. The average Bonchev–Trinajstić information content (AvgIpc) is 2.63. The Kier molecular flexibility index (Phi) is 7.00. The lowest BCUT2D eigenvalue weighted by atomic mass is 10.1. The Morgan fingerprint density at radius 1 is 0.962 bits per heavy atom. The maximum atomic E-state index is 12.3. The van der Waals surface area contributed by atoms with Crippen molar-refractivity contribution in [2.24, 2.45) is 0 Å². The molecule has 1 aliphatic heterocycles. The minimum Gasteiger partial charge on any atom is -0.398 e. The summed E-state index contributed by atoms with van der Waals surface area (Å²) in [6.45, 7) is 1.36. The van der Waals surface area contributed by atoms with Crippen molar-refractivity contribution < 1.29 is 14.3 Å². The summed E-state index contributed by atoms with van der Waals surface area (Å²) in [7, 11) is 0. The standard InChI is InChI=1S/C19H21N3O3.ClH/c20-17-4-2-1-3-16(17)19(24)22-14-7-5-13(6-8-14)18(23)21-15-9-11-25-12-10-15;/h1-8,15H,9-12,20H2,(H,21,23)(H,22,24);1H. The molecule has 1 fully saturated rings. The number of rotatable bonds is 4. The quantitative estimate of drug-likeness (QED) is 0.716. The predicted octanol–water partition coefficient (Wildman–Crippen LogP) is 2.85. The number of anilines is 2.